The Labute approximate surface area is 206 Å². The molecule has 1 aromatic heterocycles. The van der Waals surface area contributed by atoms with Crippen molar-refractivity contribution in [1.82, 2.24) is 19.8 Å². The van der Waals surface area contributed by atoms with E-state index in [2.05, 4.69) is 58.4 Å². The van der Waals surface area contributed by atoms with Crippen molar-refractivity contribution in [2.24, 2.45) is 0 Å². The van der Waals surface area contributed by atoms with Gasteiger partial charge in [0.05, 0.1) is 11.7 Å². The predicted molar refractivity (Wildman–Crippen MR) is 140 cm³/mol. The average molecular weight is 464 g/mol. The monoisotopic (exact) mass is 463 g/mol. The number of amides is 1. The highest BCUT2D eigenvalue weighted by Crippen LogP contribution is 2.27. The molecule has 1 aliphatic rings. The standard InChI is InChI=1S/C29H29N5O/c1-21-7-6-10-24(17-21)26-18-28(31-20-30-26)32-25-13-11-23(12-14-25)29(35)34-16-15-33(2)19-27(34)22-8-4-3-5-9-22/h3-14,17-18,20,27H,15-16,19H2,1-2H3,(H,30,31,32). The van der Waals surface area contributed by atoms with Crippen molar-refractivity contribution in [1.29, 1.82) is 0 Å². The van der Waals surface area contributed by atoms with Gasteiger partial charge in [0.2, 0.25) is 0 Å². The molecule has 0 aliphatic carbocycles. The highest BCUT2D eigenvalue weighted by Gasteiger charge is 2.30. The maximum atomic E-state index is 13.5. The summed E-state index contributed by atoms with van der Waals surface area (Å²) in [6.45, 7) is 4.46. The van der Waals surface area contributed by atoms with Crippen molar-refractivity contribution < 1.29 is 4.79 Å². The lowest BCUT2D eigenvalue weighted by atomic mass is 10.0. The molecule has 3 aromatic carbocycles. The van der Waals surface area contributed by atoms with Crippen molar-refractivity contribution in [2.45, 2.75) is 13.0 Å². The predicted octanol–water partition coefficient (Wildman–Crippen LogP) is 5.32. The Morgan fingerprint density at radius 3 is 2.49 bits per heavy atom. The van der Waals surface area contributed by atoms with Crippen molar-refractivity contribution in [3.05, 3.63) is 108 Å². The first-order valence-corrected chi connectivity index (χ1v) is 11.9. The molecule has 1 unspecified atom stereocenters. The number of aromatic nitrogens is 2. The number of carbonyl (C=O) groups is 1. The van der Waals surface area contributed by atoms with E-state index in [0.717, 1.165) is 30.0 Å². The van der Waals surface area contributed by atoms with E-state index in [-0.39, 0.29) is 11.9 Å². The van der Waals surface area contributed by atoms with Crippen LogP contribution < -0.4 is 5.32 Å². The van der Waals surface area contributed by atoms with Crippen LogP contribution >= 0.6 is 0 Å². The van der Waals surface area contributed by atoms with Gasteiger partial charge in [-0.25, -0.2) is 9.97 Å². The normalized spacial score (nSPS) is 16.2. The average Bonchev–Trinajstić information content (AvgIpc) is 2.89. The number of benzene rings is 3. The Morgan fingerprint density at radius 2 is 1.71 bits per heavy atom. The van der Waals surface area contributed by atoms with Crippen LogP contribution in [0.1, 0.15) is 27.5 Å². The number of hydrogen-bond acceptors (Lipinski definition) is 5. The van der Waals surface area contributed by atoms with Crippen molar-refractivity contribution in [3.8, 4) is 11.3 Å². The number of hydrogen-bond donors (Lipinski definition) is 1. The number of nitrogens with one attached hydrogen (secondary N) is 1. The zero-order valence-electron chi connectivity index (χ0n) is 20.1. The quantitative estimate of drug-likeness (QED) is 0.434. The van der Waals surface area contributed by atoms with Gasteiger partial charge in [-0.05, 0) is 49.9 Å². The van der Waals surface area contributed by atoms with Crippen LogP contribution in [0.5, 0.6) is 0 Å². The summed E-state index contributed by atoms with van der Waals surface area (Å²) in [7, 11) is 2.11. The zero-order chi connectivity index (χ0) is 24.2. The van der Waals surface area contributed by atoms with Gasteiger partial charge in [0, 0.05) is 42.5 Å². The fourth-order valence-electron chi connectivity index (χ4n) is 4.52. The van der Waals surface area contributed by atoms with Gasteiger partial charge in [0.15, 0.2) is 0 Å². The number of aryl methyl sites for hydroxylation is 1. The molecule has 4 aromatic rings. The smallest absolute Gasteiger partial charge is 0.254 e. The van der Waals surface area contributed by atoms with Gasteiger partial charge in [0.25, 0.3) is 5.91 Å². The van der Waals surface area contributed by atoms with Gasteiger partial charge >= 0.3 is 0 Å². The summed E-state index contributed by atoms with van der Waals surface area (Å²) >= 11 is 0. The lowest BCUT2D eigenvalue weighted by Gasteiger charge is -2.40. The summed E-state index contributed by atoms with van der Waals surface area (Å²) in [5.41, 5.74) is 5.82. The molecule has 1 fully saturated rings. The molecular formula is C29H29N5O. The van der Waals surface area contributed by atoms with Gasteiger partial charge in [-0.2, -0.15) is 0 Å². The summed E-state index contributed by atoms with van der Waals surface area (Å²) in [6, 6.07) is 28.1. The van der Waals surface area contributed by atoms with E-state index in [0.29, 0.717) is 17.9 Å². The first-order chi connectivity index (χ1) is 17.1. The molecule has 1 N–H and O–H groups in total. The van der Waals surface area contributed by atoms with Crippen molar-refractivity contribution in [2.75, 3.05) is 32.0 Å². The van der Waals surface area contributed by atoms with E-state index in [9.17, 15) is 4.79 Å². The molecule has 1 aliphatic heterocycles. The first-order valence-electron chi connectivity index (χ1n) is 11.9. The summed E-state index contributed by atoms with van der Waals surface area (Å²) in [5.74, 6) is 0.765. The molecule has 1 atom stereocenters. The van der Waals surface area contributed by atoms with E-state index < -0.39 is 0 Å². The summed E-state index contributed by atoms with van der Waals surface area (Å²) in [5, 5.41) is 3.33. The van der Waals surface area contributed by atoms with Crippen molar-refractivity contribution in [3.63, 3.8) is 0 Å². The van der Waals surface area contributed by atoms with Crippen molar-refractivity contribution >= 4 is 17.4 Å². The molecule has 2 heterocycles. The van der Waals surface area contributed by atoms with Crippen LogP contribution in [0.15, 0.2) is 91.3 Å². The molecule has 176 valence electrons. The molecule has 6 heteroatoms. The molecule has 35 heavy (non-hydrogen) atoms. The minimum Gasteiger partial charge on any atom is -0.340 e. The molecule has 0 bridgehead atoms. The number of carbonyl (C=O) groups excluding carboxylic acids is 1. The second-order valence-electron chi connectivity index (χ2n) is 9.05. The van der Waals surface area contributed by atoms with Crippen LogP contribution in [0.2, 0.25) is 0 Å². The molecule has 6 nitrogen and oxygen atoms in total. The minimum absolute atomic E-state index is 0.0429. The maximum absolute atomic E-state index is 13.5. The van der Waals surface area contributed by atoms with Gasteiger partial charge in [-0.15, -0.1) is 0 Å². The summed E-state index contributed by atoms with van der Waals surface area (Å²) in [4.78, 5) is 26.5. The third-order valence-corrected chi connectivity index (χ3v) is 6.41. The first kappa shape index (κ1) is 22.7. The lowest BCUT2D eigenvalue weighted by Crippen LogP contribution is -2.49. The molecule has 0 radical (unpaired) electrons. The molecular weight excluding hydrogens is 434 g/mol. The third-order valence-electron chi connectivity index (χ3n) is 6.41. The third kappa shape index (κ3) is 5.23. The highest BCUT2D eigenvalue weighted by atomic mass is 16.2. The zero-order valence-corrected chi connectivity index (χ0v) is 20.1. The summed E-state index contributed by atoms with van der Waals surface area (Å²) < 4.78 is 0. The van der Waals surface area contributed by atoms with E-state index in [1.54, 1.807) is 6.33 Å². The van der Waals surface area contributed by atoms with Gasteiger partial charge in [-0.1, -0.05) is 54.1 Å². The Bertz CT molecular complexity index is 1310. The largest absolute Gasteiger partial charge is 0.340 e. The van der Waals surface area contributed by atoms with Crippen LogP contribution in [0.3, 0.4) is 0 Å². The van der Waals surface area contributed by atoms with Gasteiger partial charge < -0.3 is 15.1 Å². The van der Waals surface area contributed by atoms with Crippen LogP contribution in [-0.2, 0) is 0 Å². The number of rotatable bonds is 5. The SMILES string of the molecule is Cc1cccc(-c2cc(Nc3ccc(C(=O)N4CCN(C)CC4c4ccccc4)cc3)ncn2)c1. The number of nitrogens with zero attached hydrogens (tertiary/aromatic N) is 4. The van der Waals surface area contributed by atoms with E-state index >= 15 is 0 Å². The molecule has 0 spiro atoms. The molecule has 1 saturated heterocycles. The molecule has 0 saturated carbocycles. The van der Waals surface area contributed by atoms with E-state index in [1.165, 1.54) is 11.1 Å². The number of piperazine rings is 1. The number of likely N-dealkylation sites (N-methyl/N-ethyl adjacent to an activating group) is 1. The topological polar surface area (TPSA) is 61.4 Å². The van der Waals surface area contributed by atoms with Crippen LogP contribution in [0.25, 0.3) is 11.3 Å². The Kier molecular flexibility index (Phi) is 6.55. The molecule has 1 amide bonds. The summed E-state index contributed by atoms with van der Waals surface area (Å²) in [6.07, 6.45) is 1.56. The van der Waals surface area contributed by atoms with E-state index in [1.807, 2.05) is 65.6 Å². The fraction of sp³-hybridized carbons (Fsp3) is 0.207. The molecule has 5 rings (SSSR count). The lowest BCUT2D eigenvalue weighted by molar-refractivity contribution is 0.0498. The van der Waals surface area contributed by atoms with Crippen LogP contribution in [0, 0.1) is 6.92 Å². The Hall–Kier alpha value is -4.03. The fourth-order valence-corrected chi connectivity index (χ4v) is 4.52. The highest BCUT2D eigenvalue weighted by molar-refractivity contribution is 5.95. The number of anilines is 2. The second-order valence-corrected chi connectivity index (χ2v) is 9.05. The van der Waals surface area contributed by atoms with E-state index in [4.69, 9.17) is 0 Å². The van der Waals surface area contributed by atoms with Crippen LogP contribution in [0.4, 0.5) is 11.5 Å². The maximum Gasteiger partial charge on any atom is 0.254 e. The second kappa shape index (κ2) is 10.1. The van der Waals surface area contributed by atoms with Gasteiger partial charge in [-0.3, -0.25) is 4.79 Å². The van der Waals surface area contributed by atoms with Gasteiger partial charge in [0.1, 0.15) is 12.1 Å². The Balaban J connectivity index is 1.32. The minimum atomic E-state index is 0.0429. The Morgan fingerprint density at radius 1 is 0.914 bits per heavy atom. The van der Waals surface area contributed by atoms with Crippen LogP contribution in [-0.4, -0.2) is 52.4 Å².